The second kappa shape index (κ2) is 7.98. The molecule has 2 rings (SSSR count). The van der Waals surface area contributed by atoms with Gasteiger partial charge < -0.3 is 10.2 Å². The van der Waals surface area contributed by atoms with Crippen molar-refractivity contribution in [2.45, 2.75) is 19.3 Å². The van der Waals surface area contributed by atoms with Crippen LogP contribution in [0.5, 0.6) is 0 Å². The van der Waals surface area contributed by atoms with Gasteiger partial charge in [-0.3, -0.25) is 4.79 Å². The van der Waals surface area contributed by atoms with Gasteiger partial charge in [-0.05, 0) is 37.0 Å². The van der Waals surface area contributed by atoms with Gasteiger partial charge in [-0.1, -0.05) is 12.1 Å². The molecule has 1 fully saturated rings. The fraction of sp³-hybridized carbons (Fsp3) is 0.588. The molecule has 7 heteroatoms. The van der Waals surface area contributed by atoms with Gasteiger partial charge in [0.15, 0.2) is 0 Å². The van der Waals surface area contributed by atoms with Crippen LogP contribution in [-0.4, -0.2) is 58.6 Å². The van der Waals surface area contributed by atoms with E-state index < -0.39 is 10.0 Å². The normalized spacial score (nSPS) is 16.8. The lowest BCUT2D eigenvalue weighted by Crippen LogP contribution is -2.42. The Bertz CT molecular complexity index is 648. The summed E-state index contributed by atoms with van der Waals surface area (Å²) in [6, 6.07) is 8.29. The van der Waals surface area contributed by atoms with E-state index in [1.54, 1.807) is 0 Å². The molecular weight excluding hydrogens is 326 g/mol. The number of amides is 1. The van der Waals surface area contributed by atoms with Gasteiger partial charge in [0.1, 0.15) is 0 Å². The lowest BCUT2D eigenvalue weighted by molar-refractivity contribution is -0.126. The quantitative estimate of drug-likeness (QED) is 0.831. The van der Waals surface area contributed by atoms with Gasteiger partial charge in [-0.2, -0.15) is 0 Å². The molecule has 1 aliphatic rings. The van der Waals surface area contributed by atoms with E-state index >= 15 is 0 Å². The number of rotatable bonds is 6. The topological polar surface area (TPSA) is 69.7 Å². The summed E-state index contributed by atoms with van der Waals surface area (Å²) in [5, 5.41) is 2.97. The minimum atomic E-state index is -3.14. The van der Waals surface area contributed by atoms with E-state index in [-0.39, 0.29) is 11.8 Å². The molecule has 1 N–H and O–H groups in total. The Kier molecular flexibility index (Phi) is 6.23. The van der Waals surface area contributed by atoms with Gasteiger partial charge in [0.05, 0.1) is 6.26 Å². The number of piperidine rings is 1. The molecule has 134 valence electrons. The number of nitrogens with zero attached hydrogens (tertiary/aromatic N) is 2. The summed E-state index contributed by atoms with van der Waals surface area (Å²) >= 11 is 0. The molecule has 1 saturated heterocycles. The van der Waals surface area contributed by atoms with Crippen LogP contribution in [0, 0.1) is 5.92 Å². The predicted octanol–water partition coefficient (Wildman–Crippen LogP) is 1.08. The van der Waals surface area contributed by atoms with Crippen molar-refractivity contribution >= 4 is 21.6 Å². The fourth-order valence-corrected chi connectivity index (χ4v) is 3.76. The molecule has 0 bridgehead atoms. The minimum absolute atomic E-state index is 0.0352. The zero-order valence-electron chi connectivity index (χ0n) is 14.7. The van der Waals surface area contributed by atoms with Crippen LogP contribution >= 0.6 is 0 Å². The second-order valence-corrected chi connectivity index (χ2v) is 8.52. The Morgan fingerprint density at radius 1 is 1.21 bits per heavy atom. The summed E-state index contributed by atoms with van der Waals surface area (Å²) < 4.78 is 24.4. The largest absolute Gasteiger partial charge is 0.378 e. The summed E-state index contributed by atoms with van der Waals surface area (Å²) in [6.45, 7) is 1.47. The summed E-state index contributed by atoms with van der Waals surface area (Å²) in [4.78, 5) is 14.3. The Morgan fingerprint density at radius 3 is 2.29 bits per heavy atom. The van der Waals surface area contributed by atoms with Crippen LogP contribution in [0.4, 0.5) is 5.69 Å². The molecule has 1 aromatic rings. The third-order valence-electron chi connectivity index (χ3n) is 4.46. The first-order valence-corrected chi connectivity index (χ1v) is 10.1. The van der Waals surface area contributed by atoms with Crippen molar-refractivity contribution in [3.05, 3.63) is 29.8 Å². The average molecular weight is 353 g/mol. The molecular formula is C17H27N3O3S. The maximum Gasteiger partial charge on any atom is 0.223 e. The molecule has 0 aliphatic carbocycles. The molecule has 0 atom stereocenters. The van der Waals surface area contributed by atoms with E-state index in [2.05, 4.69) is 34.5 Å². The summed E-state index contributed by atoms with van der Waals surface area (Å²) in [5.41, 5.74) is 2.34. The molecule has 1 aromatic carbocycles. The van der Waals surface area contributed by atoms with Gasteiger partial charge in [0.2, 0.25) is 15.9 Å². The van der Waals surface area contributed by atoms with Crippen LogP contribution in [0.2, 0.25) is 0 Å². The molecule has 0 aromatic heterocycles. The molecule has 1 amide bonds. The molecule has 24 heavy (non-hydrogen) atoms. The average Bonchev–Trinajstić information content (AvgIpc) is 2.54. The van der Waals surface area contributed by atoms with Crippen LogP contribution in [0.15, 0.2) is 24.3 Å². The Balaban J connectivity index is 1.74. The second-order valence-electron chi connectivity index (χ2n) is 6.54. The standard InChI is InChI=1S/C17H27N3O3S/c1-19(2)16-6-4-14(5-7-16)8-11-18-17(21)15-9-12-20(13-10-15)24(3,22)23/h4-7,15H,8-13H2,1-3H3,(H,18,21). The summed E-state index contributed by atoms with van der Waals surface area (Å²) in [6.07, 6.45) is 3.20. The molecule has 6 nitrogen and oxygen atoms in total. The molecule has 1 heterocycles. The van der Waals surface area contributed by atoms with Gasteiger partial charge in [0.25, 0.3) is 0 Å². The van der Waals surface area contributed by atoms with E-state index in [0.717, 1.165) is 12.1 Å². The molecule has 1 aliphatic heterocycles. The number of carbonyl (C=O) groups excluding carboxylic acids is 1. The molecule has 0 saturated carbocycles. The number of carbonyl (C=O) groups is 1. The maximum atomic E-state index is 12.2. The van der Waals surface area contributed by atoms with Crippen molar-refractivity contribution in [2.75, 3.05) is 44.9 Å². The first-order chi connectivity index (χ1) is 11.3. The molecule has 0 unspecified atom stereocenters. The lowest BCUT2D eigenvalue weighted by Gasteiger charge is -2.29. The highest BCUT2D eigenvalue weighted by atomic mass is 32.2. The Labute approximate surface area is 144 Å². The number of hydrogen-bond donors (Lipinski definition) is 1. The monoisotopic (exact) mass is 353 g/mol. The lowest BCUT2D eigenvalue weighted by atomic mass is 9.97. The Hall–Kier alpha value is -1.60. The highest BCUT2D eigenvalue weighted by Gasteiger charge is 2.28. The van der Waals surface area contributed by atoms with E-state index in [4.69, 9.17) is 0 Å². The Morgan fingerprint density at radius 2 is 1.79 bits per heavy atom. The number of nitrogens with one attached hydrogen (secondary N) is 1. The highest BCUT2D eigenvalue weighted by molar-refractivity contribution is 7.88. The van der Waals surface area contributed by atoms with Gasteiger partial charge in [0, 0.05) is 45.3 Å². The third-order valence-corrected chi connectivity index (χ3v) is 5.76. The van der Waals surface area contributed by atoms with Crippen LogP contribution in [0.1, 0.15) is 18.4 Å². The van der Waals surface area contributed by atoms with Crippen LogP contribution < -0.4 is 10.2 Å². The number of benzene rings is 1. The van der Waals surface area contributed by atoms with E-state index in [0.29, 0.717) is 32.5 Å². The van der Waals surface area contributed by atoms with Crippen LogP contribution in [0.25, 0.3) is 0 Å². The minimum Gasteiger partial charge on any atom is -0.378 e. The third kappa shape index (κ3) is 5.21. The SMILES string of the molecule is CN(C)c1ccc(CCNC(=O)C2CCN(S(C)(=O)=O)CC2)cc1. The van der Waals surface area contributed by atoms with E-state index in [1.165, 1.54) is 16.1 Å². The predicted molar refractivity (Wildman–Crippen MR) is 96.6 cm³/mol. The smallest absolute Gasteiger partial charge is 0.223 e. The highest BCUT2D eigenvalue weighted by Crippen LogP contribution is 2.19. The van der Waals surface area contributed by atoms with Crippen LogP contribution in [0.3, 0.4) is 0 Å². The van der Waals surface area contributed by atoms with Crippen molar-refractivity contribution in [1.29, 1.82) is 0 Å². The first kappa shape index (κ1) is 18.7. The number of sulfonamides is 1. The van der Waals surface area contributed by atoms with Crippen molar-refractivity contribution < 1.29 is 13.2 Å². The van der Waals surface area contributed by atoms with Crippen molar-refractivity contribution in [2.24, 2.45) is 5.92 Å². The zero-order chi connectivity index (χ0) is 17.7. The molecule has 0 radical (unpaired) electrons. The van der Waals surface area contributed by atoms with E-state index in [1.807, 2.05) is 14.1 Å². The first-order valence-electron chi connectivity index (χ1n) is 8.26. The molecule has 0 spiro atoms. The van der Waals surface area contributed by atoms with Gasteiger partial charge in [-0.25, -0.2) is 12.7 Å². The number of hydrogen-bond acceptors (Lipinski definition) is 4. The number of anilines is 1. The fourth-order valence-electron chi connectivity index (χ4n) is 2.88. The van der Waals surface area contributed by atoms with Gasteiger partial charge in [-0.15, -0.1) is 0 Å². The van der Waals surface area contributed by atoms with Crippen LogP contribution in [-0.2, 0) is 21.2 Å². The van der Waals surface area contributed by atoms with Crippen molar-refractivity contribution in [3.63, 3.8) is 0 Å². The van der Waals surface area contributed by atoms with Crippen molar-refractivity contribution in [1.82, 2.24) is 9.62 Å². The zero-order valence-corrected chi connectivity index (χ0v) is 15.5. The van der Waals surface area contributed by atoms with Gasteiger partial charge >= 0.3 is 0 Å². The van der Waals surface area contributed by atoms with E-state index in [9.17, 15) is 13.2 Å². The summed E-state index contributed by atoms with van der Waals surface area (Å²) in [5.74, 6) is -0.0489. The van der Waals surface area contributed by atoms with Crippen molar-refractivity contribution in [3.8, 4) is 0 Å². The maximum absolute atomic E-state index is 12.2. The summed E-state index contributed by atoms with van der Waals surface area (Å²) in [7, 11) is 0.869.